The van der Waals surface area contributed by atoms with Crippen LogP contribution in [0.15, 0.2) is 16.7 Å². The lowest BCUT2D eigenvalue weighted by Crippen LogP contribution is -2.53. The summed E-state index contributed by atoms with van der Waals surface area (Å²) in [6.07, 6.45) is -4.67. The van der Waals surface area contributed by atoms with E-state index in [9.17, 15) is 18.0 Å². The highest BCUT2D eigenvalue weighted by molar-refractivity contribution is 7.15. The molecule has 0 saturated carbocycles. The van der Waals surface area contributed by atoms with Crippen molar-refractivity contribution in [3.63, 3.8) is 0 Å². The van der Waals surface area contributed by atoms with Gasteiger partial charge in [-0.3, -0.25) is 4.79 Å². The van der Waals surface area contributed by atoms with Crippen LogP contribution in [0, 0.1) is 5.41 Å². The van der Waals surface area contributed by atoms with E-state index in [1.807, 2.05) is 13.8 Å². The Morgan fingerprint density at radius 2 is 2.12 bits per heavy atom. The van der Waals surface area contributed by atoms with Crippen LogP contribution in [0.5, 0.6) is 0 Å². The zero-order chi connectivity index (χ0) is 18.2. The van der Waals surface area contributed by atoms with Crippen molar-refractivity contribution in [3.05, 3.63) is 22.9 Å². The van der Waals surface area contributed by atoms with Gasteiger partial charge >= 0.3 is 12.1 Å². The van der Waals surface area contributed by atoms with Crippen molar-refractivity contribution in [2.24, 2.45) is 5.41 Å². The highest BCUT2D eigenvalue weighted by atomic mass is 32.1. The van der Waals surface area contributed by atoms with E-state index in [4.69, 9.17) is 4.74 Å². The summed E-state index contributed by atoms with van der Waals surface area (Å²) in [6.45, 7) is 5.45. The molecule has 136 valence electrons. The molecule has 1 fully saturated rings. The molecule has 2 aromatic heterocycles. The molecule has 0 atom stereocenters. The minimum atomic E-state index is -4.67. The SMILES string of the molecule is CCN(Cc1ccc(-c2noc(C(F)(F)F)n2)s1)C(=O)C1(C)COC1. The van der Waals surface area contributed by atoms with E-state index in [0.29, 0.717) is 31.2 Å². The number of ether oxygens (including phenoxy) is 1. The molecule has 25 heavy (non-hydrogen) atoms. The van der Waals surface area contributed by atoms with Crippen molar-refractivity contribution in [1.82, 2.24) is 15.0 Å². The minimum absolute atomic E-state index is 0.00937. The number of aromatic nitrogens is 2. The topological polar surface area (TPSA) is 68.5 Å². The molecule has 1 aliphatic rings. The third-order valence-corrected chi connectivity index (χ3v) is 4.99. The Balaban J connectivity index is 1.72. The van der Waals surface area contributed by atoms with Crippen molar-refractivity contribution in [2.75, 3.05) is 19.8 Å². The Morgan fingerprint density at radius 1 is 1.40 bits per heavy atom. The van der Waals surface area contributed by atoms with Crippen LogP contribution in [0.1, 0.15) is 24.6 Å². The third kappa shape index (κ3) is 3.54. The molecular formula is C15H16F3N3O3S. The quantitative estimate of drug-likeness (QED) is 0.803. The zero-order valence-corrected chi connectivity index (χ0v) is 14.4. The molecular weight excluding hydrogens is 359 g/mol. The van der Waals surface area contributed by atoms with Gasteiger partial charge in [-0.05, 0) is 26.0 Å². The second-order valence-electron chi connectivity index (χ2n) is 6.06. The number of nitrogens with zero attached hydrogens (tertiary/aromatic N) is 3. The Labute approximate surface area is 145 Å². The molecule has 1 saturated heterocycles. The van der Waals surface area contributed by atoms with Crippen LogP contribution in [-0.2, 0) is 22.3 Å². The fraction of sp³-hybridized carbons (Fsp3) is 0.533. The van der Waals surface area contributed by atoms with Crippen LogP contribution in [0.3, 0.4) is 0 Å². The van der Waals surface area contributed by atoms with Gasteiger partial charge in [0, 0.05) is 11.4 Å². The van der Waals surface area contributed by atoms with Gasteiger partial charge in [-0.15, -0.1) is 11.3 Å². The minimum Gasteiger partial charge on any atom is -0.379 e. The molecule has 6 nitrogen and oxygen atoms in total. The molecule has 0 N–H and O–H groups in total. The number of amides is 1. The molecule has 10 heteroatoms. The van der Waals surface area contributed by atoms with E-state index in [1.165, 1.54) is 11.3 Å². The van der Waals surface area contributed by atoms with Crippen LogP contribution in [0.25, 0.3) is 10.7 Å². The molecule has 0 aliphatic carbocycles. The van der Waals surface area contributed by atoms with E-state index in [1.54, 1.807) is 17.0 Å². The maximum atomic E-state index is 12.6. The monoisotopic (exact) mass is 375 g/mol. The Morgan fingerprint density at radius 3 is 2.64 bits per heavy atom. The van der Waals surface area contributed by atoms with E-state index >= 15 is 0 Å². The van der Waals surface area contributed by atoms with E-state index < -0.39 is 17.5 Å². The summed E-state index contributed by atoms with van der Waals surface area (Å²) in [5, 5.41) is 3.37. The molecule has 0 aromatic carbocycles. The van der Waals surface area contributed by atoms with Crippen LogP contribution < -0.4 is 0 Å². The van der Waals surface area contributed by atoms with E-state index in [2.05, 4.69) is 14.7 Å². The highest BCUT2D eigenvalue weighted by Crippen LogP contribution is 2.33. The Hall–Kier alpha value is -1.94. The number of carbonyl (C=O) groups is 1. The number of hydrogen-bond acceptors (Lipinski definition) is 6. The van der Waals surface area contributed by atoms with Crippen molar-refractivity contribution in [1.29, 1.82) is 0 Å². The molecule has 1 aliphatic heterocycles. The second-order valence-corrected chi connectivity index (χ2v) is 7.23. The first kappa shape index (κ1) is 17.9. The molecule has 0 spiro atoms. The molecule has 0 radical (unpaired) electrons. The number of rotatable bonds is 5. The summed E-state index contributed by atoms with van der Waals surface area (Å²) in [5.41, 5.74) is -0.495. The number of carbonyl (C=O) groups excluding carboxylic acids is 1. The number of hydrogen-bond donors (Lipinski definition) is 0. The fourth-order valence-electron chi connectivity index (χ4n) is 2.45. The fourth-order valence-corrected chi connectivity index (χ4v) is 3.40. The summed E-state index contributed by atoms with van der Waals surface area (Å²) >= 11 is 1.23. The summed E-state index contributed by atoms with van der Waals surface area (Å²) in [5.74, 6) is -1.48. The molecule has 1 amide bonds. The summed E-state index contributed by atoms with van der Waals surface area (Å²) in [7, 11) is 0. The first-order valence-electron chi connectivity index (χ1n) is 7.60. The number of alkyl halides is 3. The van der Waals surface area contributed by atoms with Gasteiger partial charge in [0.2, 0.25) is 11.7 Å². The van der Waals surface area contributed by atoms with Gasteiger partial charge in [0.15, 0.2) is 0 Å². The normalized spacial score (nSPS) is 16.5. The Bertz CT molecular complexity index is 767. The lowest BCUT2D eigenvalue weighted by molar-refractivity contribution is -0.169. The maximum absolute atomic E-state index is 12.6. The predicted octanol–water partition coefficient (Wildman–Crippen LogP) is 3.20. The van der Waals surface area contributed by atoms with Crippen molar-refractivity contribution < 1.29 is 27.2 Å². The largest absolute Gasteiger partial charge is 0.471 e. The maximum Gasteiger partial charge on any atom is 0.471 e. The third-order valence-electron chi connectivity index (χ3n) is 3.92. The van der Waals surface area contributed by atoms with Gasteiger partial charge in [0.05, 0.1) is 30.1 Å². The van der Waals surface area contributed by atoms with Crippen molar-refractivity contribution in [2.45, 2.75) is 26.6 Å². The summed E-state index contributed by atoms with van der Waals surface area (Å²) in [4.78, 5) is 18.9. The highest BCUT2D eigenvalue weighted by Gasteiger charge is 2.43. The smallest absolute Gasteiger partial charge is 0.379 e. The average molecular weight is 375 g/mol. The van der Waals surface area contributed by atoms with Gasteiger partial charge in [-0.1, -0.05) is 5.16 Å². The van der Waals surface area contributed by atoms with Crippen molar-refractivity contribution >= 4 is 17.2 Å². The Kier molecular flexibility index (Phi) is 4.58. The van der Waals surface area contributed by atoms with Gasteiger partial charge in [-0.2, -0.15) is 18.2 Å². The second kappa shape index (κ2) is 6.41. The first-order chi connectivity index (χ1) is 11.7. The number of halogens is 3. The summed E-state index contributed by atoms with van der Waals surface area (Å²) in [6, 6.07) is 3.37. The van der Waals surface area contributed by atoms with Gasteiger partial charge in [0.25, 0.3) is 0 Å². The lowest BCUT2D eigenvalue weighted by atomic mass is 9.87. The van der Waals surface area contributed by atoms with Crippen LogP contribution in [0.2, 0.25) is 0 Å². The van der Waals surface area contributed by atoms with Crippen molar-refractivity contribution in [3.8, 4) is 10.7 Å². The first-order valence-corrected chi connectivity index (χ1v) is 8.42. The van der Waals surface area contributed by atoms with Gasteiger partial charge < -0.3 is 14.2 Å². The molecule has 0 unspecified atom stereocenters. The van der Waals surface area contributed by atoms with E-state index in [-0.39, 0.29) is 11.7 Å². The number of thiophene rings is 1. The van der Waals surface area contributed by atoms with Gasteiger partial charge in [0.1, 0.15) is 0 Å². The standard InChI is InChI=1S/C15H16F3N3O3S/c1-3-21(13(22)14(2)7-23-8-14)6-9-4-5-10(25-9)11-19-12(24-20-11)15(16,17)18/h4-5H,3,6-8H2,1-2H3. The van der Waals surface area contributed by atoms with Crippen LogP contribution >= 0.6 is 11.3 Å². The summed E-state index contributed by atoms with van der Waals surface area (Å²) < 4.78 is 47.0. The predicted molar refractivity (Wildman–Crippen MR) is 82.6 cm³/mol. The van der Waals surface area contributed by atoms with Crippen LogP contribution in [0.4, 0.5) is 13.2 Å². The zero-order valence-electron chi connectivity index (χ0n) is 13.6. The molecule has 2 aromatic rings. The van der Waals surface area contributed by atoms with Crippen LogP contribution in [-0.4, -0.2) is 40.7 Å². The molecule has 3 rings (SSSR count). The average Bonchev–Trinajstić information content (AvgIpc) is 3.17. The lowest BCUT2D eigenvalue weighted by Gasteiger charge is -2.40. The molecule has 3 heterocycles. The molecule has 0 bridgehead atoms. The van der Waals surface area contributed by atoms with E-state index in [0.717, 1.165) is 4.88 Å². The van der Waals surface area contributed by atoms with Gasteiger partial charge in [-0.25, -0.2) is 0 Å².